The number of rotatable bonds is 4. The van der Waals surface area contributed by atoms with Crippen LogP contribution in [0.4, 0.5) is 52.7 Å². The number of halogens is 12. The Kier molecular flexibility index (Phi) is 23.5. The van der Waals surface area contributed by atoms with E-state index >= 15 is 0 Å². The van der Waals surface area contributed by atoms with Gasteiger partial charge in [-0.25, -0.2) is 0 Å². The summed E-state index contributed by atoms with van der Waals surface area (Å²) in [6, 6.07) is 0. The van der Waals surface area contributed by atoms with Gasteiger partial charge in [0, 0.05) is 71.8 Å². The van der Waals surface area contributed by atoms with Gasteiger partial charge in [0.15, 0.2) is 0 Å². The predicted molar refractivity (Wildman–Crippen MR) is 165 cm³/mol. The first-order chi connectivity index (χ1) is 22.2. The van der Waals surface area contributed by atoms with Crippen molar-refractivity contribution in [3.63, 3.8) is 0 Å². The Morgan fingerprint density at radius 3 is 0.472 bits per heavy atom. The van der Waals surface area contributed by atoms with Crippen LogP contribution in [0.3, 0.4) is 0 Å². The van der Waals surface area contributed by atoms with Gasteiger partial charge in [0.05, 0.1) is 0 Å². The van der Waals surface area contributed by atoms with E-state index in [-0.39, 0.29) is 50.1 Å². The van der Waals surface area contributed by atoms with Gasteiger partial charge >= 0.3 is 24.7 Å². The largest absolute Gasteiger partial charge is 0.512 e. The molecule has 0 amide bonds. The van der Waals surface area contributed by atoms with Crippen LogP contribution in [0.1, 0.15) is 83.1 Å². The van der Waals surface area contributed by atoms with Crippen LogP contribution in [0.15, 0.2) is 47.3 Å². The van der Waals surface area contributed by atoms with E-state index in [1.807, 2.05) is 0 Å². The molecule has 0 radical (unpaired) electrons. The van der Waals surface area contributed by atoms with Crippen LogP contribution in [0.5, 0.6) is 0 Å². The normalized spacial score (nSPS) is 14.2. The number of ketones is 4. The molecule has 308 valence electrons. The summed E-state index contributed by atoms with van der Waals surface area (Å²) in [7, 11) is 0. The van der Waals surface area contributed by atoms with Crippen molar-refractivity contribution in [1.29, 1.82) is 0 Å². The molecule has 21 heteroatoms. The van der Waals surface area contributed by atoms with Gasteiger partial charge in [0.1, 0.15) is 23.0 Å². The maximum absolute atomic E-state index is 11.7. The molecule has 0 aliphatic heterocycles. The Morgan fingerprint density at radius 1 is 0.321 bits per heavy atom. The molecule has 0 unspecified atom stereocenters. The summed E-state index contributed by atoms with van der Waals surface area (Å²) < 4.78 is 140. The second-order valence-corrected chi connectivity index (χ2v) is 14.6. The Labute approximate surface area is 317 Å². The van der Waals surface area contributed by atoms with E-state index < -0.39 is 92.5 Å². The number of alkyl halides is 12. The zero-order valence-electron chi connectivity index (χ0n) is 30.8. The Bertz CT molecular complexity index is 1150. The number of hydrogen-bond donors (Lipinski definition) is 4. The van der Waals surface area contributed by atoms with E-state index in [2.05, 4.69) is 0 Å². The van der Waals surface area contributed by atoms with E-state index in [0.717, 1.165) is 0 Å². The van der Waals surface area contributed by atoms with Gasteiger partial charge in [-0.05, 0) is 0 Å². The first kappa shape index (κ1) is 59.2. The van der Waals surface area contributed by atoms with Crippen molar-refractivity contribution in [3.8, 4) is 0 Å². The molecule has 0 aliphatic carbocycles. The van der Waals surface area contributed by atoms with Crippen LogP contribution in [-0.4, -0.2) is 68.3 Å². The SMILES string of the molecule is CC(C)(C)C(O)=CC(=O)C(F)(F)F.CC(C)(C)C(O)=CC(=O)C(F)(F)F.CC(C)(C)C(O)=CC(=O)C(F)(F)F.CC(C)(C)C(O)=CC(=O)C(F)(F)F.[Hf]. The van der Waals surface area contributed by atoms with Crippen LogP contribution in [-0.2, 0) is 45.0 Å². The molecule has 0 bridgehead atoms. The molecule has 0 rings (SSSR count). The van der Waals surface area contributed by atoms with Crippen LogP contribution in [0.2, 0.25) is 0 Å². The molecule has 0 aromatic carbocycles. The van der Waals surface area contributed by atoms with Crippen LogP contribution in [0, 0.1) is 21.7 Å². The summed E-state index contributed by atoms with van der Waals surface area (Å²) in [5, 5.41) is 36.2. The second kappa shape index (κ2) is 21.1. The molecule has 0 atom stereocenters. The molecule has 0 aromatic rings. The molecular weight excluding hydrogens is 919 g/mol. The second-order valence-electron chi connectivity index (χ2n) is 14.6. The van der Waals surface area contributed by atoms with Gasteiger partial charge in [-0.15, -0.1) is 0 Å². The number of aliphatic hydroxyl groups excluding tert-OH is 4. The first-order valence-electron chi connectivity index (χ1n) is 14.3. The van der Waals surface area contributed by atoms with Crippen molar-refractivity contribution >= 4 is 23.1 Å². The molecule has 0 aromatic heterocycles. The Hall–Kier alpha value is -3.13. The molecule has 0 saturated carbocycles. The third kappa shape index (κ3) is 29.0. The average molecular weight is 963 g/mol. The van der Waals surface area contributed by atoms with E-state index in [1.54, 1.807) is 0 Å². The molecule has 8 nitrogen and oxygen atoms in total. The van der Waals surface area contributed by atoms with E-state index in [1.165, 1.54) is 83.1 Å². The fraction of sp³-hybridized carbons (Fsp3) is 0.625. The number of aliphatic hydroxyl groups is 4. The summed E-state index contributed by atoms with van der Waals surface area (Å²) in [6.45, 7) is 18.0. The summed E-state index contributed by atoms with van der Waals surface area (Å²) in [6.07, 6.45) is -18.8. The molecule has 4 N–H and O–H groups in total. The number of carbonyl (C=O) groups excluding carboxylic acids is 4. The van der Waals surface area contributed by atoms with Gasteiger partial charge in [-0.3, -0.25) is 19.2 Å². The smallest absolute Gasteiger partial charge is 0.454 e. The minimum atomic E-state index is -4.92. The van der Waals surface area contributed by atoms with Crippen molar-refractivity contribution in [2.24, 2.45) is 21.7 Å². The van der Waals surface area contributed by atoms with Crippen molar-refractivity contribution in [3.05, 3.63) is 47.3 Å². The van der Waals surface area contributed by atoms with Crippen molar-refractivity contribution in [1.82, 2.24) is 0 Å². The van der Waals surface area contributed by atoms with Gasteiger partial charge < -0.3 is 20.4 Å². The fourth-order valence-corrected chi connectivity index (χ4v) is 1.69. The standard InChI is InChI=1S/4C8H11F3O2.Hf/c4*1-7(2,3)5(12)4-6(13)8(9,10)11;/h4*4,12H,1-3H3;. The monoisotopic (exact) mass is 964 g/mol. The van der Waals surface area contributed by atoms with Gasteiger partial charge in [-0.1, -0.05) is 83.1 Å². The number of carbonyl (C=O) groups is 4. The van der Waals surface area contributed by atoms with Crippen LogP contribution in [0.25, 0.3) is 0 Å². The summed E-state index contributed by atoms with van der Waals surface area (Å²) in [4.78, 5) is 41.4. The Morgan fingerprint density at radius 2 is 0.415 bits per heavy atom. The maximum atomic E-state index is 11.7. The summed E-state index contributed by atoms with van der Waals surface area (Å²) in [5.41, 5.74) is -3.39. The molecule has 53 heavy (non-hydrogen) atoms. The molecule has 0 spiro atoms. The minimum absolute atomic E-state index is 0. The van der Waals surface area contributed by atoms with Crippen molar-refractivity contribution in [2.75, 3.05) is 0 Å². The predicted octanol–water partition coefficient (Wildman–Crippen LogP) is 10.4. The van der Waals surface area contributed by atoms with E-state index in [0.29, 0.717) is 0 Å². The zero-order valence-corrected chi connectivity index (χ0v) is 34.4. The zero-order chi connectivity index (χ0) is 43.4. The van der Waals surface area contributed by atoms with Crippen LogP contribution >= 0.6 is 0 Å². The fourth-order valence-electron chi connectivity index (χ4n) is 1.69. The number of allylic oxidation sites excluding steroid dienone is 8. The maximum Gasteiger partial charge on any atom is 0.454 e. The molecule has 0 heterocycles. The van der Waals surface area contributed by atoms with Gasteiger partial charge in [0.2, 0.25) is 0 Å². The van der Waals surface area contributed by atoms with Crippen LogP contribution < -0.4 is 0 Å². The van der Waals surface area contributed by atoms with Crippen molar-refractivity contribution < 1.29 is 118 Å². The summed E-state index contributed by atoms with van der Waals surface area (Å²) in [5.74, 6) is -10.5. The van der Waals surface area contributed by atoms with E-state index in [9.17, 15) is 71.9 Å². The summed E-state index contributed by atoms with van der Waals surface area (Å²) >= 11 is 0. The third-order valence-corrected chi connectivity index (χ3v) is 5.26. The molecular formula is C32H44F12HfO8. The number of hydrogen-bond acceptors (Lipinski definition) is 8. The third-order valence-electron chi connectivity index (χ3n) is 5.26. The van der Waals surface area contributed by atoms with Gasteiger partial charge in [-0.2, -0.15) is 52.7 Å². The van der Waals surface area contributed by atoms with E-state index in [4.69, 9.17) is 20.4 Å². The molecule has 0 saturated heterocycles. The quantitative estimate of drug-likeness (QED) is 0.0942. The molecule has 0 fully saturated rings. The first-order valence-corrected chi connectivity index (χ1v) is 14.3. The Balaban J connectivity index is -0.000000192. The minimum Gasteiger partial charge on any atom is -0.512 e. The van der Waals surface area contributed by atoms with Gasteiger partial charge in [0.25, 0.3) is 23.1 Å². The topological polar surface area (TPSA) is 149 Å². The van der Waals surface area contributed by atoms with Crippen molar-refractivity contribution in [2.45, 2.75) is 108 Å². The molecule has 0 aliphatic rings. The average Bonchev–Trinajstić information content (AvgIpc) is 2.85.